The number of rotatable bonds is 3. The van der Waals surface area contributed by atoms with Crippen molar-refractivity contribution in [3.8, 4) is 0 Å². The van der Waals surface area contributed by atoms with Crippen molar-refractivity contribution in [1.82, 2.24) is 0 Å². The number of anilines is 2. The lowest BCUT2D eigenvalue weighted by Gasteiger charge is -2.18. The Morgan fingerprint density at radius 2 is 1.87 bits per heavy atom. The van der Waals surface area contributed by atoms with Gasteiger partial charge in [-0.15, -0.1) is 0 Å². The summed E-state index contributed by atoms with van der Waals surface area (Å²) in [5.74, 6) is -0.451. The fourth-order valence-electron chi connectivity index (χ4n) is 2.82. The second-order valence-electron chi connectivity index (χ2n) is 5.74. The molecule has 3 rings (SSSR count). The highest BCUT2D eigenvalue weighted by atomic mass is 35.5. The number of amides is 2. The van der Waals surface area contributed by atoms with Crippen molar-refractivity contribution in [3.63, 3.8) is 0 Å². The molecule has 0 spiro atoms. The molecule has 1 saturated heterocycles. The molecule has 23 heavy (non-hydrogen) atoms. The number of imide groups is 1. The van der Waals surface area contributed by atoms with Crippen LogP contribution in [0.3, 0.4) is 0 Å². The Bertz CT molecular complexity index is 788. The number of hydrogen-bond donors (Lipinski definition) is 1. The van der Waals surface area contributed by atoms with Gasteiger partial charge in [-0.2, -0.15) is 0 Å². The summed E-state index contributed by atoms with van der Waals surface area (Å²) < 4.78 is 0. The highest BCUT2D eigenvalue weighted by Gasteiger charge is 2.40. The Hall–Kier alpha value is -2.33. The molecule has 1 aliphatic heterocycles. The summed E-state index contributed by atoms with van der Waals surface area (Å²) in [6.07, 6.45) is 0.122. The molecule has 1 atom stereocenters. The number of benzene rings is 2. The van der Waals surface area contributed by atoms with E-state index in [2.05, 4.69) is 5.32 Å². The predicted octanol–water partition coefficient (Wildman–Crippen LogP) is 3.70. The molecule has 0 unspecified atom stereocenters. The van der Waals surface area contributed by atoms with E-state index < -0.39 is 6.04 Å². The third-order valence-electron chi connectivity index (χ3n) is 3.94. The van der Waals surface area contributed by atoms with Crippen LogP contribution in [0.1, 0.15) is 17.5 Å². The summed E-state index contributed by atoms with van der Waals surface area (Å²) in [5.41, 5.74) is 3.30. The maximum absolute atomic E-state index is 12.7. The lowest BCUT2D eigenvalue weighted by molar-refractivity contribution is -0.121. The molecule has 5 heteroatoms. The largest absolute Gasteiger partial charge is 0.372 e. The van der Waals surface area contributed by atoms with Crippen molar-refractivity contribution < 1.29 is 9.59 Å². The van der Waals surface area contributed by atoms with Gasteiger partial charge in [0, 0.05) is 0 Å². The molecule has 1 N–H and O–H groups in total. The number of nitrogens with zero attached hydrogens (tertiary/aromatic N) is 1. The first-order chi connectivity index (χ1) is 11.0. The number of aryl methyl sites for hydroxylation is 2. The van der Waals surface area contributed by atoms with E-state index >= 15 is 0 Å². The van der Waals surface area contributed by atoms with Gasteiger partial charge in [0.25, 0.3) is 5.91 Å². The van der Waals surface area contributed by atoms with Gasteiger partial charge in [0.05, 0.1) is 22.8 Å². The molecule has 0 saturated carbocycles. The first-order valence-corrected chi connectivity index (χ1v) is 7.80. The van der Waals surface area contributed by atoms with Crippen LogP contribution in [0.4, 0.5) is 11.4 Å². The van der Waals surface area contributed by atoms with Crippen LogP contribution in [0.2, 0.25) is 5.02 Å². The average Bonchev–Trinajstić information content (AvgIpc) is 2.77. The summed E-state index contributed by atoms with van der Waals surface area (Å²) >= 11 is 6.11. The van der Waals surface area contributed by atoms with Crippen LogP contribution < -0.4 is 10.2 Å². The predicted molar refractivity (Wildman–Crippen MR) is 91.9 cm³/mol. The topological polar surface area (TPSA) is 49.4 Å². The number of carbonyl (C=O) groups excluding carboxylic acids is 2. The van der Waals surface area contributed by atoms with Crippen molar-refractivity contribution >= 4 is 34.8 Å². The zero-order valence-electron chi connectivity index (χ0n) is 13.0. The van der Waals surface area contributed by atoms with E-state index in [4.69, 9.17) is 11.6 Å². The van der Waals surface area contributed by atoms with E-state index in [0.717, 1.165) is 11.1 Å². The summed E-state index contributed by atoms with van der Waals surface area (Å²) in [4.78, 5) is 26.3. The number of halogens is 1. The Kier molecular flexibility index (Phi) is 4.09. The van der Waals surface area contributed by atoms with Gasteiger partial charge < -0.3 is 5.32 Å². The normalized spacial score (nSPS) is 17.7. The number of carbonyl (C=O) groups is 2. The van der Waals surface area contributed by atoms with Crippen LogP contribution in [0.5, 0.6) is 0 Å². The van der Waals surface area contributed by atoms with Crippen molar-refractivity contribution in [2.75, 3.05) is 10.2 Å². The Morgan fingerprint density at radius 1 is 1.13 bits per heavy atom. The van der Waals surface area contributed by atoms with E-state index in [0.29, 0.717) is 16.4 Å². The maximum atomic E-state index is 12.7. The molecule has 4 nitrogen and oxygen atoms in total. The van der Waals surface area contributed by atoms with E-state index in [9.17, 15) is 9.59 Å². The number of hydrogen-bond acceptors (Lipinski definition) is 3. The minimum absolute atomic E-state index is 0.122. The molecule has 1 heterocycles. The summed E-state index contributed by atoms with van der Waals surface area (Å²) in [7, 11) is 0. The first-order valence-electron chi connectivity index (χ1n) is 7.42. The van der Waals surface area contributed by atoms with Gasteiger partial charge in [0.2, 0.25) is 5.91 Å². The minimum Gasteiger partial charge on any atom is -0.372 e. The van der Waals surface area contributed by atoms with Gasteiger partial charge in [0.15, 0.2) is 0 Å². The van der Waals surface area contributed by atoms with E-state index in [-0.39, 0.29) is 18.2 Å². The lowest BCUT2D eigenvalue weighted by atomic mass is 10.1. The van der Waals surface area contributed by atoms with Crippen molar-refractivity contribution in [3.05, 3.63) is 58.6 Å². The van der Waals surface area contributed by atoms with Gasteiger partial charge >= 0.3 is 0 Å². The summed E-state index contributed by atoms with van der Waals surface area (Å²) in [6, 6.07) is 12.3. The van der Waals surface area contributed by atoms with Crippen molar-refractivity contribution in [1.29, 1.82) is 0 Å². The second kappa shape index (κ2) is 6.05. The quantitative estimate of drug-likeness (QED) is 0.874. The Balaban J connectivity index is 1.87. The fourth-order valence-corrected chi connectivity index (χ4v) is 3.01. The van der Waals surface area contributed by atoms with Crippen LogP contribution in [-0.4, -0.2) is 17.9 Å². The van der Waals surface area contributed by atoms with Crippen molar-refractivity contribution in [2.24, 2.45) is 0 Å². The molecular formula is C18H17ClN2O2. The first kappa shape index (κ1) is 15.6. The molecule has 2 aromatic carbocycles. The SMILES string of the molecule is Cc1ccc(N2C(=O)C[C@@H](Nc3ccccc3Cl)C2=O)c(C)c1. The molecule has 2 aromatic rings. The van der Waals surface area contributed by atoms with E-state index in [1.54, 1.807) is 12.1 Å². The fraction of sp³-hybridized carbons (Fsp3) is 0.222. The number of nitrogens with one attached hydrogen (secondary N) is 1. The van der Waals surface area contributed by atoms with E-state index in [1.807, 2.05) is 44.2 Å². The van der Waals surface area contributed by atoms with Crippen LogP contribution in [0.25, 0.3) is 0 Å². The number of para-hydroxylation sites is 1. The summed E-state index contributed by atoms with van der Waals surface area (Å²) in [6.45, 7) is 3.88. The molecular weight excluding hydrogens is 312 g/mol. The molecule has 0 aliphatic carbocycles. The van der Waals surface area contributed by atoms with Crippen LogP contribution in [0, 0.1) is 13.8 Å². The molecule has 1 aliphatic rings. The van der Waals surface area contributed by atoms with Gasteiger partial charge in [-0.05, 0) is 37.6 Å². The van der Waals surface area contributed by atoms with Gasteiger partial charge in [-0.3, -0.25) is 9.59 Å². The highest BCUT2D eigenvalue weighted by molar-refractivity contribution is 6.33. The zero-order valence-corrected chi connectivity index (χ0v) is 13.7. The van der Waals surface area contributed by atoms with Gasteiger partial charge in [-0.25, -0.2) is 4.90 Å². The lowest BCUT2D eigenvalue weighted by Crippen LogP contribution is -2.35. The molecule has 0 aromatic heterocycles. The highest BCUT2D eigenvalue weighted by Crippen LogP contribution is 2.29. The maximum Gasteiger partial charge on any atom is 0.256 e. The molecule has 0 bridgehead atoms. The van der Waals surface area contributed by atoms with Crippen molar-refractivity contribution in [2.45, 2.75) is 26.3 Å². The molecule has 1 fully saturated rings. The standard InChI is InChI=1S/C18H17ClN2O2/c1-11-7-8-16(12(2)9-11)21-17(22)10-15(18(21)23)20-14-6-4-3-5-13(14)19/h3-9,15,20H,10H2,1-2H3/t15-/m1/s1. The van der Waals surface area contributed by atoms with Crippen LogP contribution in [0.15, 0.2) is 42.5 Å². The van der Waals surface area contributed by atoms with Crippen LogP contribution >= 0.6 is 11.6 Å². The average molecular weight is 329 g/mol. The van der Waals surface area contributed by atoms with E-state index in [1.165, 1.54) is 4.90 Å². The molecule has 118 valence electrons. The molecule has 0 radical (unpaired) electrons. The van der Waals surface area contributed by atoms with Gasteiger partial charge in [-0.1, -0.05) is 41.4 Å². The summed E-state index contributed by atoms with van der Waals surface area (Å²) in [5, 5.41) is 3.60. The van der Waals surface area contributed by atoms with Gasteiger partial charge in [0.1, 0.15) is 6.04 Å². The third kappa shape index (κ3) is 2.94. The minimum atomic E-state index is -0.594. The smallest absolute Gasteiger partial charge is 0.256 e. The molecule has 2 amide bonds. The Labute approximate surface area is 140 Å². The monoisotopic (exact) mass is 328 g/mol. The zero-order chi connectivity index (χ0) is 16.6. The van der Waals surface area contributed by atoms with Crippen LogP contribution in [-0.2, 0) is 9.59 Å². The Morgan fingerprint density at radius 3 is 2.57 bits per heavy atom. The third-order valence-corrected chi connectivity index (χ3v) is 4.27. The second-order valence-corrected chi connectivity index (χ2v) is 6.15.